The number of amides is 2. The SMILES string of the molecule is CC(C)(C(N)=S)N1CCN(C(=O)Nc2ccccc2)CC1. The third-order valence-corrected chi connectivity index (χ3v) is 4.49. The average molecular weight is 306 g/mol. The molecule has 0 spiro atoms. The summed E-state index contributed by atoms with van der Waals surface area (Å²) in [6, 6.07) is 9.42. The van der Waals surface area contributed by atoms with Crippen LogP contribution in [-0.2, 0) is 0 Å². The van der Waals surface area contributed by atoms with Crippen LogP contribution in [0.2, 0.25) is 0 Å². The Morgan fingerprint density at radius 1 is 1.19 bits per heavy atom. The Hall–Kier alpha value is -1.66. The summed E-state index contributed by atoms with van der Waals surface area (Å²) in [5, 5.41) is 2.91. The van der Waals surface area contributed by atoms with Crippen LogP contribution in [0, 0.1) is 0 Å². The number of benzene rings is 1. The van der Waals surface area contributed by atoms with Crippen molar-refractivity contribution in [2.75, 3.05) is 31.5 Å². The van der Waals surface area contributed by atoms with Gasteiger partial charge in [0.15, 0.2) is 0 Å². The van der Waals surface area contributed by atoms with E-state index in [0.29, 0.717) is 18.1 Å². The normalized spacial score (nSPS) is 16.6. The van der Waals surface area contributed by atoms with Crippen molar-refractivity contribution in [3.63, 3.8) is 0 Å². The minimum absolute atomic E-state index is 0.0611. The molecule has 0 aliphatic carbocycles. The molecule has 2 amide bonds. The molecule has 1 aromatic carbocycles. The first-order chi connectivity index (χ1) is 9.91. The Balaban J connectivity index is 1.89. The van der Waals surface area contributed by atoms with Gasteiger partial charge in [0.05, 0.1) is 10.5 Å². The van der Waals surface area contributed by atoms with Crippen LogP contribution >= 0.6 is 12.2 Å². The van der Waals surface area contributed by atoms with Crippen molar-refractivity contribution in [2.45, 2.75) is 19.4 Å². The lowest BCUT2D eigenvalue weighted by atomic mass is 10.0. The summed E-state index contributed by atoms with van der Waals surface area (Å²) in [6.45, 7) is 6.93. The maximum Gasteiger partial charge on any atom is 0.321 e. The first-order valence-electron chi connectivity index (χ1n) is 7.07. The molecule has 0 unspecified atom stereocenters. The zero-order chi connectivity index (χ0) is 15.5. The van der Waals surface area contributed by atoms with Gasteiger partial charge >= 0.3 is 6.03 Å². The number of carbonyl (C=O) groups is 1. The van der Waals surface area contributed by atoms with E-state index < -0.39 is 0 Å². The first kappa shape index (κ1) is 15.7. The van der Waals surface area contributed by atoms with E-state index in [0.717, 1.165) is 18.8 Å². The average Bonchev–Trinajstić information content (AvgIpc) is 2.48. The van der Waals surface area contributed by atoms with E-state index >= 15 is 0 Å². The molecule has 0 bridgehead atoms. The molecule has 0 aromatic heterocycles. The van der Waals surface area contributed by atoms with Crippen molar-refractivity contribution in [3.05, 3.63) is 30.3 Å². The van der Waals surface area contributed by atoms with Gasteiger partial charge in [-0.05, 0) is 26.0 Å². The monoisotopic (exact) mass is 306 g/mol. The number of nitrogens with zero attached hydrogens (tertiary/aromatic N) is 2. The number of nitrogens with two attached hydrogens (primary N) is 1. The van der Waals surface area contributed by atoms with Crippen molar-refractivity contribution in [1.82, 2.24) is 9.80 Å². The van der Waals surface area contributed by atoms with Crippen LogP contribution in [0.1, 0.15) is 13.8 Å². The van der Waals surface area contributed by atoms with Gasteiger partial charge < -0.3 is 16.0 Å². The van der Waals surface area contributed by atoms with Crippen molar-refractivity contribution < 1.29 is 4.79 Å². The minimum atomic E-state index is -0.308. The Kier molecular flexibility index (Phi) is 4.80. The molecule has 0 radical (unpaired) electrons. The fourth-order valence-corrected chi connectivity index (χ4v) is 2.48. The fourth-order valence-electron chi connectivity index (χ4n) is 2.35. The molecule has 5 nitrogen and oxygen atoms in total. The van der Waals surface area contributed by atoms with Gasteiger partial charge in [-0.3, -0.25) is 4.90 Å². The second-order valence-electron chi connectivity index (χ2n) is 5.69. The zero-order valence-corrected chi connectivity index (χ0v) is 13.3. The highest BCUT2D eigenvalue weighted by Gasteiger charge is 2.33. The molecule has 114 valence electrons. The van der Waals surface area contributed by atoms with Crippen molar-refractivity contribution in [2.24, 2.45) is 5.73 Å². The van der Waals surface area contributed by atoms with Gasteiger partial charge in [0, 0.05) is 31.9 Å². The molecular weight excluding hydrogens is 284 g/mol. The number of para-hydroxylation sites is 1. The Labute approximate surface area is 131 Å². The fraction of sp³-hybridized carbons (Fsp3) is 0.467. The maximum absolute atomic E-state index is 12.2. The molecular formula is C15H22N4OS. The van der Waals surface area contributed by atoms with E-state index in [-0.39, 0.29) is 11.6 Å². The van der Waals surface area contributed by atoms with Crippen molar-refractivity contribution >= 4 is 28.9 Å². The topological polar surface area (TPSA) is 61.6 Å². The molecule has 1 saturated heterocycles. The molecule has 1 heterocycles. The summed E-state index contributed by atoms with van der Waals surface area (Å²) in [7, 11) is 0. The second kappa shape index (κ2) is 6.41. The van der Waals surface area contributed by atoms with Gasteiger partial charge in [-0.2, -0.15) is 0 Å². The summed E-state index contributed by atoms with van der Waals surface area (Å²) in [6.07, 6.45) is 0. The van der Waals surface area contributed by atoms with Gasteiger partial charge in [0.2, 0.25) is 0 Å². The number of piperazine rings is 1. The predicted molar refractivity (Wildman–Crippen MR) is 89.5 cm³/mol. The Morgan fingerprint density at radius 2 is 1.76 bits per heavy atom. The quantitative estimate of drug-likeness (QED) is 0.837. The third kappa shape index (κ3) is 3.71. The summed E-state index contributed by atoms with van der Waals surface area (Å²) in [4.78, 5) is 16.7. The number of carbonyl (C=O) groups excluding carboxylic acids is 1. The van der Waals surface area contributed by atoms with E-state index in [9.17, 15) is 4.79 Å². The van der Waals surface area contributed by atoms with Crippen molar-refractivity contribution in [3.8, 4) is 0 Å². The van der Waals surface area contributed by atoms with Crippen LogP contribution in [0.5, 0.6) is 0 Å². The molecule has 3 N–H and O–H groups in total. The summed E-state index contributed by atoms with van der Waals surface area (Å²) in [5.74, 6) is 0. The molecule has 2 rings (SSSR count). The smallest absolute Gasteiger partial charge is 0.321 e. The molecule has 6 heteroatoms. The first-order valence-corrected chi connectivity index (χ1v) is 7.48. The van der Waals surface area contributed by atoms with E-state index in [2.05, 4.69) is 10.2 Å². The van der Waals surface area contributed by atoms with Crippen LogP contribution in [0.4, 0.5) is 10.5 Å². The van der Waals surface area contributed by atoms with Gasteiger partial charge in [-0.15, -0.1) is 0 Å². The lowest BCUT2D eigenvalue weighted by Crippen LogP contribution is -2.60. The molecule has 1 aromatic rings. The van der Waals surface area contributed by atoms with E-state index in [1.54, 1.807) is 0 Å². The van der Waals surface area contributed by atoms with E-state index in [4.69, 9.17) is 18.0 Å². The number of rotatable bonds is 3. The minimum Gasteiger partial charge on any atom is -0.392 e. The van der Waals surface area contributed by atoms with Crippen molar-refractivity contribution in [1.29, 1.82) is 0 Å². The van der Waals surface area contributed by atoms with E-state index in [1.165, 1.54) is 0 Å². The van der Waals surface area contributed by atoms with E-state index in [1.807, 2.05) is 49.1 Å². The zero-order valence-electron chi connectivity index (χ0n) is 12.5. The van der Waals surface area contributed by atoms with Crippen LogP contribution in [0.15, 0.2) is 30.3 Å². The molecule has 1 aliphatic heterocycles. The molecule has 1 fully saturated rings. The van der Waals surface area contributed by atoms with Gasteiger partial charge in [0.1, 0.15) is 0 Å². The van der Waals surface area contributed by atoms with Crippen LogP contribution in [-0.4, -0.2) is 52.5 Å². The summed E-state index contributed by atoms with van der Waals surface area (Å²) in [5.41, 5.74) is 6.30. The predicted octanol–water partition coefficient (Wildman–Crippen LogP) is 1.90. The largest absolute Gasteiger partial charge is 0.392 e. The summed E-state index contributed by atoms with van der Waals surface area (Å²) >= 11 is 5.12. The van der Waals surface area contributed by atoms with Crippen LogP contribution in [0.3, 0.4) is 0 Å². The molecule has 1 aliphatic rings. The Bertz CT molecular complexity index is 510. The number of thiocarbonyl (C=S) groups is 1. The number of nitrogens with one attached hydrogen (secondary N) is 1. The molecule has 21 heavy (non-hydrogen) atoms. The highest BCUT2D eigenvalue weighted by Crippen LogP contribution is 2.18. The lowest BCUT2D eigenvalue weighted by molar-refractivity contribution is 0.103. The number of hydrogen-bond donors (Lipinski definition) is 2. The summed E-state index contributed by atoms with van der Waals surface area (Å²) < 4.78 is 0. The van der Waals surface area contributed by atoms with Crippen LogP contribution < -0.4 is 11.1 Å². The lowest BCUT2D eigenvalue weighted by Gasteiger charge is -2.43. The number of anilines is 1. The highest BCUT2D eigenvalue weighted by atomic mass is 32.1. The third-order valence-electron chi connectivity index (χ3n) is 3.99. The Morgan fingerprint density at radius 3 is 2.29 bits per heavy atom. The maximum atomic E-state index is 12.2. The number of hydrogen-bond acceptors (Lipinski definition) is 3. The van der Waals surface area contributed by atoms with Gasteiger partial charge in [0.25, 0.3) is 0 Å². The van der Waals surface area contributed by atoms with Crippen LogP contribution in [0.25, 0.3) is 0 Å². The second-order valence-corrected chi connectivity index (χ2v) is 6.13. The highest BCUT2D eigenvalue weighted by molar-refractivity contribution is 7.80. The molecule has 0 atom stereocenters. The van der Waals surface area contributed by atoms with Gasteiger partial charge in [-0.1, -0.05) is 30.4 Å². The molecule has 0 saturated carbocycles. The number of urea groups is 1. The van der Waals surface area contributed by atoms with Gasteiger partial charge in [-0.25, -0.2) is 4.79 Å². The standard InChI is InChI=1S/C15H22N4OS/c1-15(2,13(16)21)19-10-8-18(9-11-19)14(20)17-12-6-4-3-5-7-12/h3-7H,8-11H2,1-2H3,(H2,16,21)(H,17,20).